The van der Waals surface area contributed by atoms with Gasteiger partial charge >= 0.3 is 0 Å². The van der Waals surface area contributed by atoms with Crippen molar-refractivity contribution in [2.24, 2.45) is 0 Å². The summed E-state index contributed by atoms with van der Waals surface area (Å²) in [5.74, 6) is 0. The first kappa shape index (κ1) is 12.6. The van der Waals surface area contributed by atoms with Gasteiger partial charge in [0.25, 0.3) is 16.7 Å². The Labute approximate surface area is 94.2 Å². The van der Waals surface area contributed by atoms with Crippen LogP contribution in [0.1, 0.15) is 24.2 Å². The average molecular weight is 244 g/mol. The number of hydrogen-bond donors (Lipinski definition) is 1. The molecule has 0 heterocycles. The van der Waals surface area contributed by atoms with Crippen LogP contribution < -0.4 is 0 Å². The number of hydrogen-bond acceptors (Lipinski definition) is 5. The van der Waals surface area contributed by atoms with E-state index in [1.54, 1.807) is 6.07 Å². The third kappa shape index (κ3) is 3.01. The van der Waals surface area contributed by atoms with E-state index < -0.39 is 22.0 Å². The van der Waals surface area contributed by atoms with Crippen LogP contribution in [-0.2, 0) is 15.2 Å². The van der Waals surface area contributed by atoms with Crippen molar-refractivity contribution in [3.05, 3.63) is 46.4 Å². The molecule has 0 bridgehead atoms. The second kappa shape index (κ2) is 5.04. The van der Waals surface area contributed by atoms with Gasteiger partial charge < -0.3 is 0 Å². The molecule has 1 radical (unpaired) electrons. The molecule has 87 valence electrons. The molecule has 0 N–H and O–H groups in total. The molecule has 0 aliphatic rings. The zero-order chi connectivity index (χ0) is 12.3. The molecule has 0 amide bonds. The Morgan fingerprint density at radius 2 is 2.12 bits per heavy atom. The molecule has 0 spiro atoms. The highest BCUT2D eigenvalue weighted by Gasteiger charge is 2.20. The van der Waals surface area contributed by atoms with Gasteiger partial charge in [0.15, 0.2) is 0 Å². The summed E-state index contributed by atoms with van der Waals surface area (Å²) in [7, 11) is -3.04. The molecule has 0 aromatic heterocycles. The van der Waals surface area contributed by atoms with Gasteiger partial charge in [-0.3, -0.25) is 14.3 Å². The number of thiol groups is 1. The normalized spacial score (nSPS) is 12.7. The van der Waals surface area contributed by atoms with Crippen molar-refractivity contribution < 1.29 is 17.5 Å². The van der Waals surface area contributed by atoms with Crippen molar-refractivity contribution in [1.82, 2.24) is 0 Å². The number of nitro groups is 1. The number of rotatable bonds is 4. The molecule has 0 saturated heterocycles. The van der Waals surface area contributed by atoms with Gasteiger partial charge in [0.1, 0.15) is 6.10 Å². The summed E-state index contributed by atoms with van der Waals surface area (Å²) in [6.45, 7) is 4.99. The van der Waals surface area contributed by atoms with E-state index in [1.807, 2.05) is 0 Å². The van der Waals surface area contributed by atoms with Crippen LogP contribution >= 0.6 is 0 Å². The van der Waals surface area contributed by atoms with Gasteiger partial charge in [-0.05, 0) is 25.5 Å². The molecule has 0 saturated carbocycles. The first-order valence-corrected chi connectivity index (χ1v) is 5.43. The molecule has 1 aromatic rings. The lowest BCUT2D eigenvalue weighted by molar-refractivity contribution is -0.386. The Morgan fingerprint density at radius 3 is 2.62 bits per heavy atom. The second-order valence-electron chi connectivity index (χ2n) is 3.12. The van der Waals surface area contributed by atoms with Crippen LogP contribution in [0, 0.1) is 17.0 Å². The van der Waals surface area contributed by atoms with Crippen LogP contribution in [0.25, 0.3) is 0 Å². The van der Waals surface area contributed by atoms with Crippen molar-refractivity contribution in [3.63, 3.8) is 0 Å². The summed E-state index contributed by atoms with van der Waals surface area (Å²) in [6.07, 6.45) is -0.887. The quantitative estimate of drug-likeness (QED) is 0.491. The van der Waals surface area contributed by atoms with E-state index in [9.17, 15) is 18.5 Å². The molecule has 6 nitrogen and oxygen atoms in total. The summed E-state index contributed by atoms with van der Waals surface area (Å²) in [5, 5.41) is 10.7. The first-order chi connectivity index (χ1) is 7.41. The maximum absolute atomic E-state index is 10.7. The monoisotopic (exact) mass is 244 g/mol. The van der Waals surface area contributed by atoms with Crippen molar-refractivity contribution >= 4 is 16.7 Å². The first-order valence-electron chi connectivity index (χ1n) is 4.33. The zero-order valence-corrected chi connectivity index (χ0v) is 9.35. The third-order valence-electron chi connectivity index (χ3n) is 1.97. The van der Waals surface area contributed by atoms with Gasteiger partial charge in [-0.15, -0.1) is 0 Å². The fourth-order valence-electron chi connectivity index (χ4n) is 1.28. The van der Waals surface area contributed by atoms with Crippen LogP contribution in [0.4, 0.5) is 5.69 Å². The minimum Gasteiger partial charge on any atom is -0.264 e. The summed E-state index contributed by atoms with van der Waals surface area (Å²) in [5.41, 5.74) is 0.489. The van der Waals surface area contributed by atoms with Crippen LogP contribution in [-0.4, -0.2) is 13.3 Å². The Bertz CT molecular complexity index is 475. The Balaban J connectivity index is 3.16. The van der Waals surface area contributed by atoms with Gasteiger partial charge in [0, 0.05) is 6.07 Å². The fraction of sp³-hybridized carbons (Fsp3) is 0.222. The lowest BCUT2D eigenvalue weighted by Gasteiger charge is -2.09. The highest BCUT2D eigenvalue weighted by Crippen LogP contribution is 2.28. The predicted octanol–water partition coefficient (Wildman–Crippen LogP) is 1.38. The molecular weight excluding hydrogens is 234 g/mol. The minimum absolute atomic E-state index is 0.197. The molecule has 1 aromatic carbocycles. The van der Waals surface area contributed by atoms with E-state index >= 15 is 0 Å². The zero-order valence-electron chi connectivity index (χ0n) is 8.45. The van der Waals surface area contributed by atoms with Crippen LogP contribution in [0.2, 0.25) is 0 Å². The van der Waals surface area contributed by atoms with Gasteiger partial charge in [0.2, 0.25) is 0 Å². The number of nitro benzene ring substituents is 1. The van der Waals surface area contributed by atoms with Crippen molar-refractivity contribution in [3.8, 4) is 0 Å². The number of nitrogens with zero attached hydrogens (tertiary/aromatic N) is 1. The van der Waals surface area contributed by atoms with Crippen molar-refractivity contribution in [1.29, 1.82) is 0 Å². The second-order valence-corrected chi connectivity index (χ2v) is 3.78. The van der Waals surface area contributed by atoms with Gasteiger partial charge in [-0.1, -0.05) is 6.07 Å². The Kier molecular flexibility index (Phi) is 3.97. The highest BCUT2D eigenvalue weighted by atomic mass is 32.2. The topological polar surface area (TPSA) is 86.5 Å². The van der Waals surface area contributed by atoms with E-state index in [0.29, 0.717) is 5.56 Å². The maximum atomic E-state index is 10.7. The summed E-state index contributed by atoms with van der Waals surface area (Å²) in [4.78, 5) is 10.1. The van der Waals surface area contributed by atoms with E-state index in [1.165, 1.54) is 19.1 Å². The van der Waals surface area contributed by atoms with E-state index in [2.05, 4.69) is 11.1 Å². The predicted molar refractivity (Wildman–Crippen MR) is 57.4 cm³/mol. The third-order valence-corrected chi connectivity index (χ3v) is 2.46. The molecule has 16 heavy (non-hydrogen) atoms. The Morgan fingerprint density at radius 1 is 1.50 bits per heavy atom. The molecule has 0 fully saturated rings. The summed E-state index contributed by atoms with van der Waals surface area (Å²) in [6, 6.07) is 4.26. The van der Waals surface area contributed by atoms with E-state index in [-0.39, 0.29) is 11.3 Å². The smallest absolute Gasteiger partial charge is 0.264 e. The van der Waals surface area contributed by atoms with Gasteiger partial charge in [-0.2, -0.15) is 0 Å². The standard InChI is InChI=1S/C9H10NO5S/c1-6-3-4-8(7(2)15-16(13)14)9(5-6)10(11)12/h3-5,7,16H,1H2,2H3. The molecule has 7 heteroatoms. The van der Waals surface area contributed by atoms with Gasteiger partial charge in [-0.25, -0.2) is 8.42 Å². The van der Waals surface area contributed by atoms with Crippen molar-refractivity contribution in [2.75, 3.05) is 0 Å². The van der Waals surface area contributed by atoms with Crippen LogP contribution in [0.15, 0.2) is 18.2 Å². The highest BCUT2D eigenvalue weighted by molar-refractivity contribution is 7.67. The van der Waals surface area contributed by atoms with E-state index in [0.717, 1.165) is 0 Å². The molecule has 1 atom stereocenters. The lowest BCUT2D eigenvalue weighted by atomic mass is 10.1. The van der Waals surface area contributed by atoms with Crippen LogP contribution in [0.3, 0.4) is 0 Å². The lowest BCUT2D eigenvalue weighted by Crippen LogP contribution is -2.03. The van der Waals surface area contributed by atoms with Gasteiger partial charge in [0.05, 0.1) is 10.5 Å². The van der Waals surface area contributed by atoms with Crippen molar-refractivity contribution in [2.45, 2.75) is 13.0 Å². The fourth-order valence-corrected chi connectivity index (χ4v) is 1.65. The SMILES string of the molecule is [CH2]c1ccc(C(C)O[SH](=O)=O)c([N+](=O)[O-])c1. The summed E-state index contributed by atoms with van der Waals surface area (Å²) < 4.78 is 25.2. The largest absolute Gasteiger partial charge is 0.275 e. The average Bonchev–Trinajstić information content (AvgIpc) is 2.16. The Hall–Kier alpha value is -1.47. The minimum atomic E-state index is -3.04. The number of benzene rings is 1. The van der Waals surface area contributed by atoms with Crippen LogP contribution in [0.5, 0.6) is 0 Å². The maximum Gasteiger partial charge on any atom is 0.275 e. The molecule has 1 unspecified atom stereocenters. The molecule has 1 rings (SSSR count). The molecule has 0 aliphatic heterocycles. The van der Waals surface area contributed by atoms with E-state index in [4.69, 9.17) is 0 Å². The molecular formula is C9H10NO5S. The molecule has 0 aliphatic carbocycles. The summed E-state index contributed by atoms with van der Waals surface area (Å²) >= 11 is 0.